The number of aliphatic imine (C=N–C) groups is 1. The van der Waals surface area contributed by atoms with Gasteiger partial charge in [0.05, 0.1) is 12.8 Å². The predicted octanol–water partition coefficient (Wildman–Crippen LogP) is 2.51. The van der Waals surface area contributed by atoms with Gasteiger partial charge in [0.25, 0.3) is 0 Å². The fourth-order valence-electron chi connectivity index (χ4n) is 2.04. The first kappa shape index (κ1) is 14.1. The summed E-state index contributed by atoms with van der Waals surface area (Å²) in [6.45, 7) is -0.0539. The number of carbonyl (C=O) groups is 1. The molecule has 0 saturated heterocycles. The highest BCUT2D eigenvalue weighted by atomic mass is 16.5. The number of nitrogens with zero attached hydrogens (tertiary/aromatic N) is 1. The van der Waals surface area contributed by atoms with Crippen LogP contribution in [0.2, 0.25) is 0 Å². The Kier molecular flexibility index (Phi) is 4.76. The molecule has 0 spiro atoms. The number of carboxylic acids is 1. The normalized spacial score (nSPS) is 16.6. The Morgan fingerprint density at radius 2 is 2.10 bits per heavy atom. The minimum absolute atomic E-state index is 0.0539. The van der Waals surface area contributed by atoms with E-state index in [4.69, 9.17) is 9.84 Å². The van der Waals surface area contributed by atoms with Crippen LogP contribution in [0.25, 0.3) is 0 Å². The molecule has 0 amide bonds. The molecule has 5 nitrogen and oxygen atoms in total. The number of allylic oxidation sites excluding steroid dienone is 2. The molecule has 0 bridgehead atoms. The molecule has 0 fully saturated rings. The quantitative estimate of drug-likeness (QED) is 0.865. The lowest BCUT2D eigenvalue weighted by Gasteiger charge is -2.15. The summed E-state index contributed by atoms with van der Waals surface area (Å²) in [7, 11) is 1.63. The maximum Gasteiger partial charge on any atom is 0.322 e. The van der Waals surface area contributed by atoms with Gasteiger partial charge in [-0.1, -0.05) is 0 Å². The molecule has 0 radical (unpaired) electrons. The molecule has 1 aliphatic rings. The van der Waals surface area contributed by atoms with E-state index in [1.54, 1.807) is 7.11 Å². The Balaban J connectivity index is 2.07. The molecule has 0 heterocycles. The lowest BCUT2D eigenvalue weighted by molar-refractivity contribution is -0.135. The molecule has 1 aromatic rings. The number of ether oxygens (including phenoxy) is 1. The predicted molar refractivity (Wildman–Crippen MR) is 77.7 cm³/mol. The summed E-state index contributed by atoms with van der Waals surface area (Å²) < 4.78 is 5.10. The molecule has 1 aromatic carbocycles. The van der Waals surface area contributed by atoms with Crippen molar-refractivity contribution < 1.29 is 14.6 Å². The van der Waals surface area contributed by atoms with Crippen LogP contribution in [0, 0.1) is 0 Å². The highest BCUT2D eigenvalue weighted by Crippen LogP contribution is 2.21. The standard InChI is InChI=1S/C15H18N2O3/c1-20-14-7-5-11(6-8-14)17-13-4-2-3-12(9-13)16-10-15(18)19/h5-9,16H,2-4,10H2,1H3,(H,18,19)/b17-13+. The van der Waals surface area contributed by atoms with Crippen LogP contribution in [-0.4, -0.2) is 30.4 Å². The van der Waals surface area contributed by atoms with Gasteiger partial charge in [-0.3, -0.25) is 9.79 Å². The number of aliphatic carboxylic acids is 1. The van der Waals surface area contributed by atoms with Gasteiger partial charge in [0.2, 0.25) is 0 Å². The Labute approximate surface area is 118 Å². The number of methoxy groups -OCH3 is 1. The first-order valence-electron chi connectivity index (χ1n) is 6.55. The molecule has 0 unspecified atom stereocenters. The van der Waals surface area contributed by atoms with Gasteiger partial charge in [0.1, 0.15) is 12.3 Å². The fraction of sp³-hybridized carbons (Fsp3) is 0.333. The Morgan fingerprint density at radius 3 is 2.75 bits per heavy atom. The minimum Gasteiger partial charge on any atom is -0.497 e. The van der Waals surface area contributed by atoms with Crippen LogP contribution in [0.5, 0.6) is 5.75 Å². The van der Waals surface area contributed by atoms with Crippen LogP contribution in [0.15, 0.2) is 41.0 Å². The van der Waals surface area contributed by atoms with Gasteiger partial charge in [-0.2, -0.15) is 0 Å². The van der Waals surface area contributed by atoms with E-state index in [9.17, 15) is 4.79 Å². The van der Waals surface area contributed by atoms with Crippen molar-refractivity contribution in [2.45, 2.75) is 19.3 Å². The van der Waals surface area contributed by atoms with Crippen molar-refractivity contribution in [1.82, 2.24) is 5.32 Å². The molecule has 2 rings (SSSR count). The second kappa shape index (κ2) is 6.75. The SMILES string of the molecule is COc1ccc(/N=C2/C=C(NCC(=O)O)CCC2)cc1. The van der Waals surface area contributed by atoms with Gasteiger partial charge in [0.15, 0.2) is 0 Å². The van der Waals surface area contributed by atoms with Crippen LogP contribution in [0.4, 0.5) is 5.69 Å². The van der Waals surface area contributed by atoms with Crippen molar-refractivity contribution >= 4 is 17.4 Å². The Hall–Kier alpha value is -2.30. The lowest BCUT2D eigenvalue weighted by Crippen LogP contribution is -2.24. The van der Waals surface area contributed by atoms with Crippen molar-refractivity contribution in [2.24, 2.45) is 4.99 Å². The summed E-state index contributed by atoms with van der Waals surface area (Å²) in [6.07, 6.45) is 4.70. The van der Waals surface area contributed by atoms with E-state index in [1.165, 1.54) is 0 Å². The maximum atomic E-state index is 10.5. The van der Waals surface area contributed by atoms with Crippen LogP contribution in [0.1, 0.15) is 19.3 Å². The number of hydrogen-bond acceptors (Lipinski definition) is 4. The third kappa shape index (κ3) is 4.12. The molecular weight excluding hydrogens is 256 g/mol. The zero-order chi connectivity index (χ0) is 14.4. The molecule has 0 atom stereocenters. The van der Waals surface area contributed by atoms with Gasteiger partial charge in [0, 0.05) is 11.4 Å². The molecule has 0 saturated carbocycles. The van der Waals surface area contributed by atoms with E-state index < -0.39 is 5.97 Å². The fourth-order valence-corrected chi connectivity index (χ4v) is 2.04. The average molecular weight is 274 g/mol. The van der Waals surface area contributed by atoms with E-state index in [0.717, 1.165) is 42.1 Å². The van der Waals surface area contributed by atoms with E-state index in [0.29, 0.717) is 0 Å². The smallest absolute Gasteiger partial charge is 0.322 e. The van der Waals surface area contributed by atoms with Crippen LogP contribution in [-0.2, 0) is 4.79 Å². The monoisotopic (exact) mass is 274 g/mol. The van der Waals surface area contributed by atoms with Crippen LogP contribution < -0.4 is 10.1 Å². The zero-order valence-electron chi connectivity index (χ0n) is 11.4. The van der Waals surface area contributed by atoms with Crippen LogP contribution in [0.3, 0.4) is 0 Å². The van der Waals surface area contributed by atoms with E-state index in [-0.39, 0.29) is 6.54 Å². The number of nitrogens with one attached hydrogen (secondary N) is 1. The molecule has 5 heteroatoms. The van der Waals surface area contributed by atoms with Crippen molar-refractivity contribution in [3.8, 4) is 5.75 Å². The molecule has 1 aliphatic carbocycles. The highest BCUT2D eigenvalue weighted by Gasteiger charge is 2.09. The molecule has 0 aliphatic heterocycles. The van der Waals surface area contributed by atoms with E-state index in [1.807, 2.05) is 30.3 Å². The summed E-state index contributed by atoms with van der Waals surface area (Å²) >= 11 is 0. The van der Waals surface area contributed by atoms with E-state index in [2.05, 4.69) is 10.3 Å². The lowest BCUT2D eigenvalue weighted by atomic mass is 10.0. The Bertz CT molecular complexity index is 533. The summed E-state index contributed by atoms with van der Waals surface area (Å²) in [6, 6.07) is 7.54. The molecule has 0 aromatic heterocycles. The van der Waals surface area contributed by atoms with Gasteiger partial charge in [-0.15, -0.1) is 0 Å². The highest BCUT2D eigenvalue weighted by molar-refractivity contribution is 5.98. The number of rotatable bonds is 5. The molecule has 106 valence electrons. The third-order valence-electron chi connectivity index (χ3n) is 3.03. The number of hydrogen-bond donors (Lipinski definition) is 2. The topological polar surface area (TPSA) is 70.9 Å². The first-order valence-corrected chi connectivity index (χ1v) is 6.55. The van der Waals surface area contributed by atoms with Crippen molar-refractivity contribution in [3.05, 3.63) is 36.0 Å². The summed E-state index contributed by atoms with van der Waals surface area (Å²) in [4.78, 5) is 15.1. The van der Waals surface area contributed by atoms with Gasteiger partial charge >= 0.3 is 5.97 Å². The second-order valence-electron chi connectivity index (χ2n) is 4.57. The third-order valence-corrected chi connectivity index (χ3v) is 3.03. The molecule has 20 heavy (non-hydrogen) atoms. The minimum atomic E-state index is -0.856. The first-order chi connectivity index (χ1) is 9.67. The summed E-state index contributed by atoms with van der Waals surface area (Å²) in [5.74, 6) is -0.0536. The average Bonchev–Trinajstić information content (AvgIpc) is 2.46. The summed E-state index contributed by atoms with van der Waals surface area (Å²) in [5, 5.41) is 11.6. The van der Waals surface area contributed by atoms with Crippen molar-refractivity contribution in [1.29, 1.82) is 0 Å². The van der Waals surface area contributed by atoms with Crippen LogP contribution >= 0.6 is 0 Å². The number of benzene rings is 1. The second-order valence-corrected chi connectivity index (χ2v) is 4.57. The number of carboxylic acid groups (broad SMARTS) is 1. The molecular formula is C15H18N2O3. The van der Waals surface area contributed by atoms with E-state index >= 15 is 0 Å². The molecule has 2 N–H and O–H groups in total. The maximum absolute atomic E-state index is 10.5. The van der Waals surface area contributed by atoms with Crippen molar-refractivity contribution in [2.75, 3.05) is 13.7 Å². The van der Waals surface area contributed by atoms with Gasteiger partial charge in [-0.05, 0) is 49.6 Å². The van der Waals surface area contributed by atoms with Gasteiger partial charge in [-0.25, -0.2) is 0 Å². The van der Waals surface area contributed by atoms with Crippen molar-refractivity contribution in [3.63, 3.8) is 0 Å². The Morgan fingerprint density at radius 1 is 1.35 bits per heavy atom. The van der Waals surface area contributed by atoms with Gasteiger partial charge < -0.3 is 15.2 Å². The zero-order valence-corrected chi connectivity index (χ0v) is 11.4. The largest absolute Gasteiger partial charge is 0.497 e. The summed E-state index contributed by atoms with van der Waals surface area (Å²) in [5.41, 5.74) is 2.77.